The van der Waals surface area contributed by atoms with Crippen LogP contribution in [-0.4, -0.2) is 12.6 Å². The second-order valence-corrected chi connectivity index (χ2v) is 3.38. The van der Waals surface area contributed by atoms with E-state index in [0.717, 1.165) is 23.4 Å². The number of rotatable bonds is 4. The Morgan fingerprint density at radius 1 is 1.46 bits per heavy atom. The number of nitrogens with one attached hydrogen (secondary N) is 1. The fourth-order valence-corrected chi connectivity index (χ4v) is 1.15. The van der Waals surface area contributed by atoms with Crippen molar-refractivity contribution in [2.24, 2.45) is 0 Å². The molecule has 0 bridgehead atoms. The van der Waals surface area contributed by atoms with Gasteiger partial charge in [0.25, 0.3) is 0 Å². The van der Waals surface area contributed by atoms with E-state index in [4.69, 9.17) is 0 Å². The van der Waals surface area contributed by atoms with Crippen molar-refractivity contribution in [3.05, 3.63) is 35.3 Å². The number of hydrogen-bond acceptors (Lipinski definition) is 2. The van der Waals surface area contributed by atoms with Crippen molar-refractivity contribution >= 4 is 0 Å². The molecule has 0 spiro atoms. The van der Waals surface area contributed by atoms with E-state index in [9.17, 15) is 5.21 Å². The zero-order valence-corrected chi connectivity index (χ0v) is 8.16. The van der Waals surface area contributed by atoms with Gasteiger partial charge in [-0.05, 0) is 0 Å². The van der Waals surface area contributed by atoms with Crippen LogP contribution >= 0.6 is 0 Å². The topological polar surface area (TPSA) is 39.0 Å². The molecule has 1 N–H and O–H groups in total. The highest BCUT2D eigenvalue weighted by molar-refractivity contribution is 4.98. The van der Waals surface area contributed by atoms with Crippen LogP contribution in [0.1, 0.15) is 19.5 Å². The monoisotopic (exact) mass is 180 g/mol. The highest BCUT2D eigenvalue weighted by Gasteiger charge is 2.02. The van der Waals surface area contributed by atoms with Crippen LogP contribution in [0, 0.1) is 5.21 Å². The third-order valence-corrected chi connectivity index (χ3v) is 1.84. The van der Waals surface area contributed by atoms with Gasteiger partial charge in [0.1, 0.15) is 0 Å². The smallest absolute Gasteiger partial charge is 0.194 e. The summed E-state index contributed by atoms with van der Waals surface area (Å²) in [6.45, 7) is 5.04. The lowest BCUT2D eigenvalue weighted by Crippen LogP contribution is -2.34. The van der Waals surface area contributed by atoms with Crippen molar-refractivity contribution in [1.29, 1.82) is 0 Å². The minimum atomic E-state index is 0.476. The summed E-state index contributed by atoms with van der Waals surface area (Å²) >= 11 is 0. The Bertz CT molecular complexity index is 261. The van der Waals surface area contributed by atoms with Gasteiger partial charge < -0.3 is 10.5 Å². The second kappa shape index (κ2) is 4.82. The molecule has 1 aromatic heterocycles. The summed E-state index contributed by atoms with van der Waals surface area (Å²) < 4.78 is 0.919. The van der Waals surface area contributed by atoms with Crippen LogP contribution in [0.3, 0.4) is 0 Å². The number of aromatic nitrogens is 1. The van der Waals surface area contributed by atoms with Crippen molar-refractivity contribution in [2.45, 2.75) is 26.3 Å². The molecule has 0 aliphatic carbocycles. The first-order chi connectivity index (χ1) is 6.20. The van der Waals surface area contributed by atoms with Crippen molar-refractivity contribution < 1.29 is 4.73 Å². The summed E-state index contributed by atoms with van der Waals surface area (Å²) in [6, 6.07) is 5.96. The van der Waals surface area contributed by atoms with Crippen molar-refractivity contribution in [2.75, 3.05) is 6.54 Å². The van der Waals surface area contributed by atoms with Crippen molar-refractivity contribution in [3.8, 4) is 0 Å². The molecule has 0 aliphatic rings. The summed E-state index contributed by atoms with van der Waals surface area (Å²) in [7, 11) is 0. The van der Waals surface area contributed by atoms with Gasteiger partial charge in [-0.3, -0.25) is 0 Å². The third-order valence-electron chi connectivity index (χ3n) is 1.84. The van der Waals surface area contributed by atoms with E-state index < -0.39 is 0 Å². The number of nitrogens with zero attached hydrogens (tertiary/aromatic N) is 1. The Hall–Kier alpha value is -1.09. The molecule has 3 nitrogen and oxygen atoms in total. The van der Waals surface area contributed by atoms with Gasteiger partial charge in [0.2, 0.25) is 0 Å². The Morgan fingerprint density at radius 2 is 2.23 bits per heavy atom. The lowest BCUT2D eigenvalue weighted by molar-refractivity contribution is -0.613. The predicted molar refractivity (Wildman–Crippen MR) is 52.2 cm³/mol. The minimum absolute atomic E-state index is 0.476. The Balaban J connectivity index is 2.41. The van der Waals surface area contributed by atoms with Crippen LogP contribution in [0.15, 0.2) is 24.4 Å². The van der Waals surface area contributed by atoms with Crippen LogP contribution in [0.2, 0.25) is 0 Å². The molecule has 0 aliphatic heterocycles. The molecule has 0 saturated heterocycles. The maximum atomic E-state index is 11.2. The van der Waals surface area contributed by atoms with E-state index in [1.807, 2.05) is 12.1 Å². The van der Waals surface area contributed by atoms with Gasteiger partial charge in [-0.2, -0.15) is 4.73 Å². The second-order valence-electron chi connectivity index (χ2n) is 3.38. The zero-order valence-electron chi connectivity index (χ0n) is 8.16. The molecule has 0 atom stereocenters. The van der Waals surface area contributed by atoms with Crippen LogP contribution < -0.4 is 10.0 Å². The van der Waals surface area contributed by atoms with E-state index in [-0.39, 0.29) is 0 Å². The van der Waals surface area contributed by atoms with Gasteiger partial charge in [0, 0.05) is 31.1 Å². The Morgan fingerprint density at radius 3 is 2.85 bits per heavy atom. The minimum Gasteiger partial charge on any atom is -0.619 e. The number of pyridine rings is 1. The molecule has 72 valence electrons. The lowest BCUT2D eigenvalue weighted by atomic mass is 10.2. The van der Waals surface area contributed by atoms with Crippen LogP contribution in [0.25, 0.3) is 0 Å². The first kappa shape index (κ1) is 9.99. The van der Waals surface area contributed by atoms with E-state index in [1.54, 1.807) is 6.07 Å². The van der Waals surface area contributed by atoms with Gasteiger partial charge in [-0.15, -0.1) is 0 Å². The van der Waals surface area contributed by atoms with Crippen LogP contribution in [-0.2, 0) is 6.42 Å². The largest absolute Gasteiger partial charge is 0.619 e. The van der Waals surface area contributed by atoms with Crippen molar-refractivity contribution in [3.63, 3.8) is 0 Å². The average molecular weight is 180 g/mol. The van der Waals surface area contributed by atoms with Crippen molar-refractivity contribution in [1.82, 2.24) is 5.32 Å². The lowest BCUT2D eigenvalue weighted by Gasteiger charge is -2.07. The fourth-order valence-electron chi connectivity index (χ4n) is 1.15. The van der Waals surface area contributed by atoms with E-state index in [0.29, 0.717) is 6.04 Å². The normalized spacial score (nSPS) is 10.7. The van der Waals surface area contributed by atoms with E-state index in [2.05, 4.69) is 19.2 Å². The molecule has 0 unspecified atom stereocenters. The molecule has 0 amide bonds. The summed E-state index contributed by atoms with van der Waals surface area (Å²) in [5.41, 5.74) is 0.815. The molecule has 1 aromatic rings. The van der Waals surface area contributed by atoms with Gasteiger partial charge in [0.15, 0.2) is 11.9 Å². The first-order valence-electron chi connectivity index (χ1n) is 4.60. The zero-order chi connectivity index (χ0) is 9.68. The third kappa shape index (κ3) is 3.42. The highest BCUT2D eigenvalue weighted by atomic mass is 16.5. The maximum absolute atomic E-state index is 11.2. The van der Waals surface area contributed by atoms with Gasteiger partial charge in [0.05, 0.1) is 0 Å². The average Bonchev–Trinajstić information content (AvgIpc) is 2.08. The SMILES string of the molecule is CC(C)NCCc1cccc[n+]1[O-]. The maximum Gasteiger partial charge on any atom is 0.194 e. The molecule has 0 saturated carbocycles. The van der Waals surface area contributed by atoms with Crippen LogP contribution in [0.5, 0.6) is 0 Å². The van der Waals surface area contributed by atoms with Gasteiger partial charge in [-0.25, -0.2) is 0 Å². The van der Waals surface area contributed by atoms with E-state index >= 15 is 0 Å². The standard InChI is InChI=1S/C10H16N2O/c1-9(2)11-7-6-10-5-3-4-8-12(10)13/h3-5,8-9,11H,6-7H2,1-2H3. The molecule has 13 heavy (non-hydrogen) atoms. The quantitative estimate of drug-likeness (QED) is 0.551. The van der Waals surface area contributed by atoms with Gasteiger partial charge >= 0.3 is 0 Å². The molecular formula is C10H16N2O. The molecule has 0 radical (unpaired) electrons. The first-order valence-corrected chi connectivity index (χ1v) is 4.60. The summed E-state index contributed by atoms with van der Waals surface area (Å²) in [4.78, 5) is 0. The summed E-state index contributed by atoms with van der Waals surface area (Å²) in [5.74, 6) is 0. The molecule has 0 fully saturated rings. The van der Waals surface area contributed by atoms with E-state index in [1.165, 1.54) is 6.20 Å². The Kier molecular flexibility index (Phi) is 3.71. The van der Waals surface area contributed by atoms with Gasteiger partial charge in [-0.1, -0.05) is 19.9 Å². The predicted octanol–water partition coefficient (Wildman–Crippen LogP) is 0.861. The fraction of sp³-hybridized carbons (Fsp3) is 0.500. The molecular weight excluding hydrogens is 164 g/mol. The molecule has 3 heteroatoms. The number of hydrogen-bond donors (Lipinski definition) is 1. The summed E-state index contributed by atoms with van der Waals surface area (Å²) in [6.07, 6.45) is 2.31. The highest BCUT2D eigenvalue weighted by Crippen LogP contribution is 1.91. The molecule has 0 aromatic carbocycles. The summed E-state index contributed by atoms with van der Waals surface area (Å²) in [5, 5.41) is 14.5. The molecule has 1 rings (SSSR count). The molecule has 1 heterocycles. The van der Waals surface area contributed by atoms with Crippen LogP contribution in [0.4, 0.5) is 0 Å². The Labute approximate surface area is 79.0 Å².